The summed E-state index contributed by atoms with van der Waals surface area (Å²) in [4.78, 5) is 38.3. The monoisotopic (exact) mass is 410 g/mol. The largest absolute Gasteiger partial charge is 0.376 e. The molecule has 30 heavy (non-hydrogen) atoms. The highest BCUT2D eigenvalue weighted by atomic mass is 16.2. The highest BCUT2D eigenvalue weighted by Crippen LogP contribution is 2.23. The van der Waals surface area contributed by atoms with Gasteiger partial charge in [0.25, 0.3) is 5.91 Å². The van der Waals surface area contributed by atoms with Gasteiger partial charge in [-0.1, -0.05) is 19.1 Å². The van der Waals surface area contributed by atoms with E-state index in [1.807, 2.05) is 39.0 Å². The fraction of sp³-hybridized carbons (Fsp3) is 0.348. The van der Waals surface area contributed by atoms with E-state index >= 15 is 0 Å². The Bertz CT molecular complexity index is 907. The molecule has 0 unspecified atom stereocenters. The molecule has 3 N–H and O–H groups in total. The fourth-order valence-electron chi connectivity index (χ4n) is 3.01. The van der Waals surface area contributed by atoms with Gasteiger partial charge in [-0.05, 0) is 56.7 Å². The summed E-state index contributed by atoms with van der Waals surface area (Å²) in [7, 11) is 0. The lowest BCUT2D eigenvalue weighted by atomic mass is 10.1. The van der Waals surface area contributed by atoms with Crippen molar-refractivity contribution in [2.75, 3.05) is 35.6 Å². The van der Waals surface area contributed by atoms with Crippen molar-refractivity contribution in [2.45, 2.75) is 34.1 Å². The molecule has 2 rings (SSSR count). The Hall–Kier alpha value is -3.35. The van der Waals surface area contributed by atoms with Crippen molar-refractivity contribution in [3.63, 3.8) is 0 Å². The van der Waals surface area contributed by atoms with Crippen LogP contribution in [0.15, 0.2) is 42.5 Å². The maximum atomic E-state index is 12.5. The van der Waals surface area contributed by atoms with Crippen molar-refractivity contribution in [1.29, 1.82) is 0 Å². The molecular weight excluding hydrogens is 380 g/mol. The summed E-state index contributed by atoms with van der Waals surface area (Å²) in [6.07, 6.45) is 0.398. The molecule has 0 heterocycles. The summed E-state index contributed by atoms with van der Waals surface area (Å²) >= 11 is 0. The first kappa shape index (κ1) is 22.9. The molecule has 7 nitrogen and oxygen atoms in total. The molecule has 3 amide bonds. The number of nitrogens with zero attached hydrogens (tertiary/aromatic N) is 1. The Morgan fingerprint density at radius 2 is 1.53 bits per heavy atom. The molecule has 0 aliphatic carbocycles. The average Bonchev–Trinajstić information content (AvgIpc) is 2.75. The van der Waals surface area contributed by atoms with E-state index in [1.54, 1.807) is 36.1 Å². The number of rotatable bonds is 9. The molecule has 0 saturated carbocycles. The molecule has 0 bridgehead atoms. The van der Waals surface area contributed by atoms with Gasteiger partial charge >= 0.3 is 0 Å². The number of hydrogen-bond donors (Lipinski definition) is 3. The highest BCUT2D eigenvalue weighted by molar-refractivity contribution is 5.98. The van der Waals surface area contributed by atoms with Crippen LogP contribution in [0.1, 0.15) is 43.1 Å². The van der Waals surface area contributed by atoms with Gasteiger partial charge in [0, 0.05) is 42.1 Å². The van der Waals surface area contributed by atoms with Crippen LogP contribution >= 0.6 is 0 Å². The van der Waals surface area contributed by atoms with E-state index in [0.29, 0.717) is 30.8 Å². The van der Waals surface area contributed by atoms with E-state index < -0.39 is 0 Å². The maximum Gasteiger partial charge on any atom is 0.253 e. The molecule has 0 atom stereocenters. The minimum absolute atomic E-state index is 0.0558. The number of amides is 3. The van der Waals surface area contributed by atoms with Crippen LogP contribution in [0, 0.1) is 6.92 Å². The zero-order valence-corrected chi connectivity index (χ0v) is 18.0. The normalized spacial score (nSPS) is 10.3. The number of benzene rings is 2. The lowest BCUT2D eigenvalue weighted by Gasteiger charge is -2.19. The van der Waals surface area contributed by atoms with Gasteiger partial charge in [0.05, 0.1) is 6.54 Å². The van der Waals surface area contributed by atoms with Crippen LogP contribution in [0.5, 0.6) is 0 Å². The van der Waals surface area contributed by atoms with Gasteiger partial charge in [-0.2, -0.15) is 0 Å². The Labute approximate surface area is 177 Å². The van der Waals surface area contributed by atoms with Gasteiger partial charge in [0.2, 0.25) is 11.8 Å². The molecule has 0 aliphatic heterocycles. The fourth-order valence-corrected chi connectivity index (χ4v) is 3.01. The maximum absolute atomic E-state index is 12.5. The summed E-state index contributed by atoms with van der Waals surface area (Å²) in [5.74, 6) is -0.354. The third-order valence-corrected chi connectivity index (χ3v) is 4.81. The van der Waals surface area contributed by atoms with Crippen molar-refractivity contribution >= 4 is 34.8 Å². The van der Waals surface area contributed by atoms with Crippen LogP contribution in [0.25, 0.3) is 0 Å². The van der Waals surface area contributed by atoms with Crippen molar-refractivity contribution < 1.29 is 14.4 Å². The first-order valence-corrected chi connectivity index (χ1v) is 10.2. The predicted octanol–water partition coefficient (Wildman–Crippen LogP) is 3.88. The molecule has 0 aliphatic rings. The standard InChI is InChI=1S/C23H30N4O3/c1-5-21(28)26-20-13-9-12-19(16(20)4)24-15-22(29)25-18-11-8-10-17(14-18)23(30)27(6-2)7-3/h8-14,24H,5-7,15H2,1-4H3,(H,25,29)(H,26,28). The van der Waals surface area contributed by atoms with Gasteiger partial charge in [-0.3, -0.25) is 14.4 Å². The Kier molecular flexibility index (Phi) is 8.41. The second-order valence-corrected chi connectivity index (χ2v) is 6.84. The first-order valence-electron chi connectivity index (χ1n) is 10.2. The van der Waals surface area contributed by atoms with E-state index in [1.165, 1.54) is 0 Å². The predicted molar refractivity (Wildman–Crippen MR) is 121 cm³/mol. The lowest BCUT2D eigenvalue weighted by molar-refractivity contribution is -0.116. The van der Waals surface area contributed by atoms with E-state index in [4.69, 9.17) is 0 Å². The smallest absolute Gasteiger partial charge is 0.253 e. The molecule has 0 fully saturated rings. The molecule has 2 aromatic rings. The van der Waals surface area contributed by atoms with E-state index in [2.05, 4.69) is 16.0 Å². The summed E-state index contributed by atoms with van der Waals surface area (Å²) in [5, 5.41) is 8.76. The minimum atomic E-state index is -0.232. The quantitative estimate of drug-likeness (QED) is 0.585. The van der Waals surface area contributed by atoms with Crippen LogP contribution in [0.4, 0.5) is 17.1 Å². The summed E-state index contributed by atoms with van der Waals surface area (Å²) in [5.41, 5.74) is 3.46. The number of nitrogens with one attached hydrogen (secondary N) is 3. The molecule has 0 radical (unpaired) electrons. The van der Waals surface area contributed by atoms with E-state index in [9.17, 15) is 14.4 Å². The molecule has 7 heteroatoms. The molecule has 0 spiro atoms. The average molecular weight is 411 g/mol. The van der Waals surface area contributed by atoms with Crippen LogP contribution in [0.2, 0.25) is 0 Å². The Balaban J connectivity index is 2.00. The van der Waals surface area contributed by atoms with Crippen LogP contribution < -0.4 is 16.0 Å². The van der Waals surface area contributed by atoms with Crippen LogP contribution in [0.3, 0.4) is 0 Å². The van der Waals surface area contributed by atoms with Gasteiger partial charge < -0.3 is 20.9 Å². The number of hydrogen-bond acceptors (Lipinski definition) is 4. The van der Waals surface area contributed by atoms with Gasteiger partial charge in [0.15, 0.2) is 0 Å². The third-order valence-electron chi connectivity index (χ3n) is 4.81. The van der Waals surface area contributed by atoms with Crippen molar-refractivity contribution in [2.24, 2.45) is 0 Å². The highest BCUT2D eigenvalue weighted by Gasteiger charge is 2.13. The SMILES string of the molecule is CCC(=O)Nc1cccc(NCC(=O)Nc2cccc(C(=O)N(CC)CC)c2)c1C. The molecule has 0 aromatic heterocycles. The van der Waals surface area contributed by atoms with Crippen molar-refractivity contribution in [1.82, 2.24) is 4.90 Å². The first-order chi connectivity index (χ1) is 14.4. The molecular formula is C23H30N4O3. The zero-order valence-electron chi connectivity index (χ0n) is 18.0. The summed E-state index contributed by atoms with van der Waals surface area (Å²) in [6, 6.07) is 12.4. The lowest BCUT2D eigenvalue weighted by Crippen LogP contribution is -2.30. The zero-order chi connectivity index (χ0) is 22.1. The Morgan fingerprint density at radius 1 is 0.867 bits per heavy atom. The molecule has 2 aromatic carbocycles. The molecule has 0 saturated heterocycles. The van der Waals surface area contributed by atoms with Gasteiger partial charge in [-0.25, -0.2) is 0 Å². The second-order valence-electron chi connectivity index (χ2n) is 6.84. The van der Waals surface area contributed by atoms with Gasteiger partial charge in [-0.15, -0.1) is 0 Å². The van der Waals surface area contributed by atoms with Gasteiger partial charge in [0.1, 0.15) is 0 Å². The van der Waals surface area contributed by atoms with E-state index in [-0.39, 0.29) is 24.3 Å². The van der Waals surface area contributed by atoms with E-state index in [0.717, 1.165) is 16.9 Å². The summed E-state index contributed by atoms with van der Waals surface area (Å²) in [6.45, 7) is 8.86. The minimum Gasteiger partial charge on any atom is -0.376 e. The van der Waals surface area contributed by atoms with Crippen molar-refractivity contribution in [3.8, 4) is 0 Å². The third kappa shape index (κ3) is 6.07. The number of anilines is 3. The number of carbonyl (C=O) groups is 3. The van der Waals surface area contributed by atoms with Crippen LogP contribution in [-0.4, -0.2) is 42.3 Å². The number of carbonyl (C=O) groups excluding carboxylic acids is 3. The topological polar surface area (TPSA) is 90.5 Å². The van der Waals surface area contributed by atoms with Crippen molar-refractivity contribution in [3.05, 3.63) is 53.6 Å². The Morgan fingerprint density at radius 3 is 2.20 bits per heavy atom. The van der Waals surface area contributed by atoms with Crippen LogP contribution in [-0.2, 0) is 9.59 Å². The second kappa shape index (κ2) is 11.0. The summed E-state index contributed by atoms with van der Waals surface area (Å²) < 4.78 is 0. The molecule has 160 valence electrons.